The van der Waals surface area contributed by atoms with E-state index in [0.29, 0.717) is 22.8 Å². The second-order valence-electron chi connectivity index (χ2n) is 3.47. The Hall–Kier alpha value is -1.39. The number of nitrogens with zero attached hydrogens (tertiary/aromatic N) is 2. The van der Waals surface area contributed by atoms with Gasteiger partial charge in [-0.05, 0) is 24.3 Å². The second kappa shape index (κ2) is 4.23. The van der Waals surface area contributed by atoms with E-state index in [2.05, 4.69) is 5.10 Å². The molecule has 0 aliphatic carbocycles. The lowest BCUT2D eigenvalue weighted by molar-refractivity contribution is 0.628. The van der Waals surface area contributed by atoms with E-state index in [0.717, 1.165) is 5.69 Å². The van der Waals surface area contributed by atoms with Crippen molar-refractivity contribution < 1.29 is 4.39 Å². The molecule has 1 heterocycles. The van der Waals surface area contributed by atoms with E-state index in [1.165, 1.54) is 12.1 Å². The molecule has 0 aliphatic heterocycles. The summed E-state index contributed by atoms with van der Waals surface area (Å²) in [7, 11) is 1.74. The van der Waals surface area contributed by atoms with Crippen molar-refractivity contribution in [2.45, 2.75) is 6.54 Å². The molecule has 2 rings (SSSR count). The van der Waals surface area contributed by atoms with Crippen LogP contribution >= 0.6 is 11.6 Å². The van der Waals surface area contributed by atoms with Crippen LogP contribution in [0.1, 0.15) is 5.69 Å². The first kappa shape index (κ1) is 11.1. The number of nitrogens with two attached hydrogens (primary N) is 1. The maximum Gasteiger partial charge on any atom is 0.132 e. The van der Waals surface area contributed by atoms with Crippen LogP contribution in [0.15, 0.2) is 24.3 Å². The van der Waals surface area contributed by atoms with Gasteiger partial charge in [0.1, 0.15) is 5.82 Å². The molecule has 0 aliphatic rings. The molecular weight excluding hydrogens is 229 g/mol. The number of halogens is 2. The van der Waals surface area contributed by atoms with Gasteiger partial charge in [0.05, 0.1) is 11.4 Å². The zero-order valence-corrected chi connectivity index (χ0v) is 9.50. The van der Waals surface area contributed by atoms with Crippen molar-refractivity contribution in [2.24, 2.45) is 12.8 Å². The number of rotatable bonds is 2. The summed E-state index contributed by atoms with van der Waals surface area (Å²) < 4.78 is 15.2. The number of aromatic nitrogens is 2. The van der Waals surface area contributed by atoms with E-state index in [1.54, 1.807) is 23.9 Å². The van der Waals surface area contributed by atoms with Crippen LogP contribution in [-0.2, 0) is 13.6 Å². The average Bonchev–Trinajstić information content (AvgIpc) is 2.63. The van der Waals surface area contributed by atoms with E-state index in [9.17, 15) is 4.39 Å². The van der Waals surface area contributed by atoms with Crippen LogP contribution in [-0.4, -0.2) is 9.78 Å². The summed E-state index contributed by atoms with van der Waals surface area (Å²) in [5.41, 5.74) is 7.30. The summed E-state index contributed by atoms with van der Waals surface area (Å²) in [5, 5.41) is 4.65. The lowest BCUT2D eigenvalue weighted by Gasteiger charge is -2.03. The van der Waals surface area contributed by atoms with Gasteiger partial charge in [-0.2, -0.15) is 5.10 Å². The monoisotopic (exact) mass is 239 g/mol. The van der Waals surface area contributed by atoms with Gasteiger partial charge in [-0.25, -0.2) is 4.39 Å². The number of hydrogen-bond donors (Lipinski definition) is 1. The zero-order valence-electron chi connectivity index (χ0n) is 8.74. The Kier molecular flexibility index (Phi) is 2.94. The Morgan fingerprint density at radius 2 is 2.19 bits per heavy atom. The van der Waals surface area contributed by atoms with Gasteiger partial charge in [0, 0.05) is 24.2 Å². The minimum atomic E-state index is -0.323. The van der Waals surface area contributed by atoms with E-state index in [4.69, 9.17) is 17.3 Å². The van der Waals surface area contributed by atoms with Crippen LogP contribution in [0.2, 0.25) is 5.02 Å². The van der Waals surface area contributed by atoms with Crippen molar-refractivity contribution in [3.05, 3.63) is 40.8 Å². The van der Waals surface area contributed by atoms with Crippen molar-refractivity contribution in [1.29, 1.82) is 0 Å². The van der Waals surface area contributed by atoms with Gasteiger partial charge < -0.3 is 5.73 Å². The number of hydrogen-bond acceptors (Lipinski definition) is 2. The molecule has 0 saturated carbocycles. The molecule has 0 bridgehead atoms. The smallest absolute Gasteiger partial charge is 0.132 e. The third kappa shape index (κ3) is 1.94. The Bertz CT molecular complexity index is 522. The fourth-order valence-corrected chi connectivity index (χ4v) is 1.74. The molecule has 1 aromatic heterocycles. The first-order valence-corrected chi connectivity index (χ1v) is 5.18. The molecule has 0 radical (unpaired) electrons. The highest BCUT2D eigenvalue weighted by Gasteiger charge is 2.11. The van der Waals surface area contributed by atoms with Gasteiger partial charge in [0.15, 0.2) is 0 Å². The highest BCUT2D eigenvalue weighted by Crippen LogP contribution is 2.26. The quantitative estimate of drug-likeness (QED) is 0.874. The molecule has 2 N–H and O–H groups in total. The fraction of sp³-hybridized carbons (Fsp3) is 0.182. The summed E-state index contributed by atoms with van der Waals surface area (Å²) in [5.74, 6) is -0.323. The van der Waals surface area contributed by atoms with E-state index in [-0.39, 0.29) is 5.82 Å². The van der Waals surface area contributed by atoms with Crippen LogP contribution in [0.4, 0.5) is 4.39 Å². The molecule has 0 unspecified atom stereocenters. The highest BCUT2D eigenvalue weighted by atomic mass is 35.5. The molecule has 2 aromatic rings. The van der Waals surface area contributed by atoms with Crippen molar-refractivity contribution in [1.82, 2.24) is 9.78 Å². The lowest BCUT2D eigenvalue weighted by atomic mass is 10.1. The molecule has 16 heavy (non-hydrogen) atoms. The third-order valence-corrected chi connectivity index (χ3v) is 2.58. The summed E-state index contributed by atoms with van der Waals surface area (Å²) >= 11 is 5.84. The Balaban J connectivity index is 2.57. The van der Waals surface area contributed by atoms with Gasteiger partial charge in [-0.1, -0.05) is 11.6 Å². The first-order valence-electron chi connectivity index (χ1n) is 4.80. The first-order chi connectivity index (χ1) is 7.61. The van der Waals surface area contributed by atoms with Gasteiger partial charge >= 0.3 is 0 Å². The van der Waals surface area contributed by atoms with Crippen LogP contribution in [0, 0.1) is 5.82 Å². The van der Waals surface area contributed by atoms with Crippen LogP contribution in [0.3, 0.4) is 0 Å². The normalized spacial score (nSPS) is 10.8. The van der Waals surface area contributed by atoms with Crippen LogP contribution < -0.4 is 5.73 Å². The molecule has 84 valence electrons. The highest BCUT2D eigenvalue weighted by molar-refractivity contribution is 6.30. The summed E-state index contributed by atoms with van der Waals surface area (Å²) in [6.07, 6.45) is 0. The molecule has 3 nitrogen and oxygen atoms in total. The van der Waals surface area contributed by atoms with Crippen molar-refractivity contribution >= 4 is 11.6 Å². The molecule has 5 heteroatoms. The topological polar surface area (TPSA) is 43.8 Å². The van der Waals surface area contributed by atoms with Gasteiger partial charge in [0.2, 0.25) is 0 Å². The van der Waals surface area contributed by atoms with Gasteiger partial charge in [-0.15, -0.1) is 0 Å². The third-order valence-electron chi connectivity index (χ3n) is 2.34. The zero-order chi connectivity index (χ0) is 11.7. The van der Waals surface area contributed by atoms with Crippen LogP contribution in [0.25, 0.3) is 11.3 Å². The molecule has 0 fully saturated rings. The SMILES string of the molecule is Cn1nc(CN)cc1-c1cc(Cl)ccc1F. The van der Waals surface area contributed by atoms with Crippen LogP contribution in [0.5, 0.6) is 0 Å². The van der Waals surface area contributed by atoms with Crippen molar-refractivity contribution in [2.75, 3.05) is 0 Å². The maximum absolute atomic E-state index is 13.6. The van der Waals surface area contributed by atoms with Crippen molar-refractivity contribution in [3.63, 3.8) is 0 Å². The Morgan fingerprint density at radius 1 is 1.44 bits per heavy atom. The molecule has 0 atom stereocenters. The maximum atomic E-state index is 13.6. The Labute approximate surface area is 97.6 Å². The predicted molar refractivity (Wildman–Crippen MR) is 61.5 cm³/mol. The van der Waals surface area contributed by atoms with E-state index < -0.39 is 0 Å². The number of benzene rings is 1. The summed E-state index contributed by atoms with van der Waals surface area (Å²) in [4.78, 5) is 0. The summed E-state index contributed by atoms with van der Waals surface area (Å²) in [6, 6.07) is 6.19. The van der Waals surface area contributed by atoms with Gasteiger partial charge in [-0.3, -0.25) is 4.68 Å². The van der Waals surface area contributed by atoms with E-state index >= 15 is 0 Å². The summed E-state index contributed by atoms with van der Waals surface area (Å²) in [6.45, 7) is 0.329. The lowest BCUT2D eigenvalue weighted by Crippen LogP contribution is -1.99. The molecule has 1 aromatic carbocycles. The second-order valence-corrected chi connectivity index (χ2v) is 3.91. The number of aryl methyl sites for hydroxylation is 1. The largest absolute Gasteiger partial charge is 0.325 e. The average molecular weight is 240 g/mol. The minimum absolute atomic E-state index is 0.323. The molecule has 0 spiro atoms. The van der Waals surface area contributed by atoms with Gasteiger partial charge in [0.25, 0.3) is 0 Å². The Morgan fingerprint density at radius 3 is 2.81 bits per heavy atom. The minimum Gasteiger partial charge on any atom is -0.325 e. The molecule has 0 amide bonds. The predicted octanol–water partition coefficient (Wildman–Crippen LogP) is 2.34. The fourth-order valence-electron chi connectivity index (χ4n) is 1.57. The van der Waals surface area contributed by atoms with E-state index in [1.807, 2.05) is 0 Å². The molecular formula is C11H11ClFN3. The van der Waals surface area contributed by atoms with Crippen molar-refractivity contribution in [3.8, 4) is 11.3 Å². The molecule has 0 saturated heterocycles. The standard InChI is InChI=1S/C11H11ClFN3/c1-16-11(5-8(6-14)15-16)9-4-7(12)2-3-10(9)13/h2-5H,6,14H2,1H3.